The lowest BCUT2D eigenvalue weighted by Gasteiger charge is -2.45. The van der Waals surface area contributed by atoms with Crippen LogP contribution >= 0.6 is 0 Å². The molecule has 0 aromatic carbocycles. The fourth-order valence-electron chi connectivity index (χ4n) is 4.87. The summed E-state index contributed by atoms with van der Waals surface area (Å²) in [6.45, 7) is 2.04. The Morgan fingerprint density at radius 2 is 2.18 bits per heavy atom. The van der Waals surface area contributed by atoms with E-state index < -0.39 is 6.10 Å². The van der Waals surface area contributed by atoms with E-state index in [0.717, 1.165) is 19.3 Å². The van der Waals surface area contributed by atoms with E-state index in [-0.39, 0.29) is 28.9 Å². The van der Waals surface area contributed by atoms with Gasteiger partial charge in [0, 0.05) is 32.8 Å². The van der Waals surface area contributed by atoms with Crippen LogP contribution in [0.4, 0.5) is 17.3 Å². The molecule has 10 nitrogen and oxygen atoms in total. The lowest BCUT2D eigenvalue weighted by atomic mass is 9.68. The number of hydrogen-bond donors (Lipinski definition) is 3. The zero-order valence-electron chi connectivity index (χ0n) is 19.6. The smallest absolute Gasteiger partial charge is 0.274 e. The first kappa shape index (κ1) is 22.5. The number of anilines is 3. The van der Waals surface area contributed by atoms with Gasteiger partial charge in [0.1, 0.15) is 17.3 Å². The van der Waals surface area contributed by atoms with Crippen LogP contribution < -0.4 is 16.2 Å². The lowest BCUT2D eigenvalue weighted by molar-refractivity contribution is -0.108. The number of nitrogens with zero attached hydrogens (tertiary/aromatic N) is 4. The number of carbonyl (C=O) groups is 1. The third-order valence-corrected chi connectivity index (χ3v) is 7.58. The van der Waals surface area contributed by atoms with Gasteiger partial charge in [-0.3, -0.25) is 9.59 Å². The number of aliphatic hydroxyl groups excluding tert-OH is 1. The van der Waals surface area contributed by atoms with Crippen molar-refractivity contribution in [2.24, 2.45) is 5.92 Å². The molecule has 180 valence electrons. The Balaban J connectivity index is 1.46. The van der Waals surface area contributed by atoms with Crippen molar-refractivity contribution in [1.29, 1.82) is 0 Å². The van der Waals surface area contributed by atoms with Gasteiger partial charge in [-0.15, -0.1) is 0 Å². The summed E-state index contributed by atoms with van der Waals surface area (Å²) in [5.41, 5.74) is 0.707. The summed E-state index contributed by atoms with van der Waals surface area (Å²) in [5.74, 6) is 1.17. The maximum atomic E-state index is 13.2. The van der Waals surface area contributed by atoms with Crippen LogP contribution in [-0.2, 0) is 4.74 Å². The molecule has 0 saturated heterocycles. The Bertz CT molecular complexity index is 1300. The van der Waals surface area contributed by atoms with E-state index in [4.69, 9.17) is 4.74 Å². The van der Waals surface area contributed by atoms with Gasteiger partial charge in [0.2, 0.25) is 0 Å². The second-order valence-electron chi connectivity index (χ2n) is 9.42. The number of methoxy groups -OCH3 is 1. The van der Waals surface area contributed by atoms with Crippen LogP contribution in [0.1, 0.15) is 55.4 Å². The minimum atomic E-state index is -0.505. The Morgan fingerprint density at radius 1 is 1.35 bits per heavy atom. The summed E-state index contributed by atoms with van der Waals surface area (Å²) in [5, 5.41) is 20.5. The first-order valence-electron chi connectivity index (χ1n) is 11.7. The molecular formula is C24H30N6O4. The van der Waals surface area contributed by atoms with Crippen LogP contribution in [-0.4, -0.2) is 55.9 Å². The van der Waals surface area contributed by atoms with E-state index in [1.165, 1.54) is 0 Å². The van der Waals surface area contributed by atoms with Crippen molar-refractivity contribution < 1.29 is 14.6 Å². The van der Waals surface area contributed by atoms with E-state index in [0.29, 0.717) is 41.4 Å². The van der Waals surface area contributed by atoms with Crippen molar-refractivity contribution in [3.63, 3.8) is 0 Å². The third kappa shape index (κ3) is 3.67. The zero-order chi connectivity index (χ0) is 24.0. The summed E-state index contributed by atoms with van der Waals surface area (Å²) in [6, 6.07) is 4.98. The molecule has 0 spiro atoms. The zero-order valence-corrected chi connectivity index (χ0v) is 19.6. The second-order valence-corrected chi connectivity index (χ2v) is 9.42. The van der Waals surface area contributed by atoms with Crippen LogP contribution in [0, 0.1) is 5.92 Å². The molecule has 3 N–H and O–H groups in total. The average Bonchev–Trinajstić information content (AvgIpc) is 3.26. The molecule has 4 atom stereocenters. The number of pyridine rings is 1. The van der Waals surface area contributed by atoms with Crippen molar-refractivity contribution >= 4 is 28.8 Å². The number of hydrogen-bond acceptors (Lipinski definition) is 8. The summed E-state index contributed by atoms with van der Waals surface area (Å²) in [4.78, 5) is 30.8. The predicted molar refractivity (Wildman–Crippen MR) is 128 cm³/mol. The Labute approximate surface area is 197 Å². The van der Waals surface area contributed by atoms with Crippen LogP contribution in [0.25, 0.3) is 5.65 Å². The summed E-state index contributed by atoms with van der Waals surface area (Å²) >= 11 is 0. The number of carbonyl (C=O) groups excluding carboxylic acids is 1. The number of aromatic nitrogens is 4. The highest BCUT2D eigenvalue weighted by molar-refractivity contribution is 6.01. The van der Waals surface area contributed by atoms with E-state index in [1.807, 2.05) is 6.92 Å². The SMILES string of the molecule is CNc1cc(Nc2cccn([C@@H]3CC[C@H]3O)c2=O)nc2c(C(=O)C[C@@H]3CC[C@@]3(C)OC)cnn12. The Morgan fingerprint density at radius 3 is 2.79 bits per heavy atom. The molecule has 0 radical (unpaired) electrons. The fraction of sp³-hybridized carbons (Fsp3) is 0.500. The largest absolute Gasteiger partial charge is 0.391 e. The molecule has 3 aromatic heterocycles. The number of fused-ring (bicyclic) bond motifs is 1. The average molecular weight is 467 g/mol. The van der Waals surface area contributed by atoms with Crippen molar-refractivity contribution in [2.45, 2.75) is 56.8 Å². The number of nitrogens with one attached hydrogen (secondary N) is 2. The summed E-state index contributed by atoms with van der Waals surface area (Å²) < 4.78 is 8.76. The topological polar surface area (TPSA) is 123 Å². The van der Waals surface area contributed by atoms with Crippen molar-refractivity contribution in [1.82, 2.24) is 19.2 Å². The number of ether oxygens (including phenoxy) is 1. The summed E-state index contributed by atoms with van der Waals surface area (Å²) in [6.07, 6.45) is 6.46. The minimum Gasteiger partial charge on any atom is -0.391 e. The normalized spacial score (nSPS) is 26.1. The lowest BCUT2D eigenvalue weighted by Crippen LogP contribution is -2.46. The number of rotatable bonds is 8. The highest BCUT2D eigenvalue weighted by atomic mass is 16.5. The van der Waals surface area contributed by atoms with E-state index in [1.54, 1.807) is 53.8 Å². The van der Waals surface area contributed by atoms with Crippen LogP contribution in [0.5, 0.6) is 0 Å². The van der Waals surface area contributed by atoms with Crippen LogP contribution in [0.15, 0.2) is 35.4 Å². The van der Waals surface area contributed by atoms with E-state index in [2.05, 4.69) is 20.7 Å². The van der Waals surface area contributed by atoms with Crippen LogP contribution in [0.3, 0.4) is 0 Å². The van der Waals surface area contributed by atoms with Crippen molar-refractivity contribution in [2.75, 3.05) is 24.8 Å². The Hall–Kier alpha value is -3.24. The van der Waals surface area contributed by atoms with E-state index in [9.17, 15) is 14.7 Å². The van der Waals surface area contributed by atoms with Gasteiger partial charge in [-0.25, -0.2) is 4.98 Å². The second kappa shape index (κ2) is 8.52. The summed E-state index contributed by atoms with van der Waals surface area (Å²) in [7, 11) is 3.45. The molecule has 0 amide bonds. The quantitative estimate of drug-likeness (QED) is 0.433. The molecule has 3 aromatic rings. The Kier molecular flexibility index (Phi) is 5.65. The molecule has 0 aliphatic heterocycles. The standard InChI is InChI=1S/C24H30N6O4/c1-24(34-3)9-8-14(24)11-19(32)15-13-26-30-21(25-2)12-20(28-22(15)30)27-16-5-4-10-29(23(16)33)17-6-7-18(17)31/h4-5,10,12-14,17-18,25,31H,6-9,11H2,1-3H3,(H,27,28)/t14-,17+,18+,24+/m0/s1. The molecule has 10 heteroatoms. The van der Waals surface area contributed by atoms with Gasteiger partial charge in [0.05, 0.1) is 29.5 Å². The van der Waals surface area contributed by atoms with Gasteiger partial charge in [0.25, 0.3) is 5.56 Å². The first-order chi connectivity index (χ1) is 16.3. The maximum Gasteiger partial charge on any atom is 0.274 e. The number of Topliss-reactive ketones (excluding diaryl/α,β-unsaturated/α-hetero) is 1. The van der Waals surface area contributed by atoms with Gasteiger partial charge in [0.15, 0.2) is 11.4 Å². The molecular weight excluding hydrogens is 436 g/mol. The molecule has 2 saturated carbocycles. The predicted octanol–water partition coefficient (Wildman–Crippen LogP) is 2.76. The molecule has 2 fully saturated rings. The van der Waals surface area contributed by atoms with Crippen molar-refractivity contribution in [3.8, 4) is 0 Å². The van der Waals surface area contributed by atoms with Gasteiger partial charge >= 0.3 is 0 Å². The van der Waals surface area contributed by atoms with Gasteiger partial charge in [-0.1, -0.05) is 0 Å². The third-order valence-electron chi connectivity index (χ3n) is 7.58. The molecule has 2 aliphatic rings. The highest BCUT2D eigenvalue weighted by Crippen LogP contribution is 2.43. The maximum absolute atomic E-state index is 13.2. The van der Waals surface area contributed by atoms with Crippen LogP contribution in [0.2, 0.25) is 0 Å². The molecule has 0 unspecified atom stereocenters. The molecule has 5 rings (SSSR count). The molecule has 34 heavy (non-hydrogen) atoms. The monoisotopic (exact) mass is 466 g/mol. The number of aliphatic hydroxyl groups is 1. The van der Waals surface area contributed by atoms with Gasteiger partial charge < -0.3 is 25.0 Å². The van der Waals surface area contributed by atoms with Gasteiger partial charge in [-0.05, 0) is 50.7 Å². The fourth-order valence-corrected chi connectivity index (χ4v) is 4.87. The van der Waals surface area contributed by atoms with E-state index >= 15 is 0 Å². The molecule has 2 aliphatic carbocycles. The van der Waals surface area contributed by atoms with Gasteiger partial charge in [-0.2, -0.15) is 9.61 Å². The number of ketones is 1. The van der Waals surface area contributed by atoms with Crippen molar-refractivity contribution in [3.05, 3.63) is 46.5 Å². The molecule has 0 bridgehead atoms. The molecule has 3 heterocycles. The highest BCUT2D eigenvalue weighted by Gasteiger charge is 2.44. The first-order valence-corrected chi connectivity index (χ1v) is 11.7. The minimum absolute atomic E-state index is 0.0317.